The minimum absolute atomic E-state index is 0.00515. The fourth-order valence-corrected chi connectivity index (χ4v) is 2.90. The van der Waals surface area contributed by atoms with Crippen LogP contribution in [0.15, 0.2) is 0 Å². The number of unbranched alkanes of at least 4 members (excludes halogenated alkanes) is 7. The van der Waals surface area contributed by atoms with Crippen LogP contribution in [-0.2, 0) is 19.1 Å². The highest BCUT2D eigenvalue weighted by Crippen LogP contribution is 2.20. The summed E-state index contributed by atoms with van der Waals surface area (Å²) in [6, 6.07) is 0. The minimum Gasteiger partial charge on any atom is -0.466 e. The summed E-state index contributed by atoms with van der Waals surface area (Å²) in [5, 5.41) is 0. The summed E-state index contributed by atoms with van der Waals surface area (Å²) >= 11 is 0. The molecule has 0 saturated heterocycles. The van der Waals surface area contributed by atoms with E-state index in [1.807, 2.05) is 20.8 Å². The smallest absolute Gasteiger partial charge is 0.308 e. The molecule has 0 spiro atoms. The molecule has 0 rings (SSSR count). The van der Waals surface area contributed by atoms with E-state index in [0.29, 0.717) is 25.6 Å². The number of hydrogen-bond donors (Lipinski definition) is 0. The van der Waals surface area contributed by atoms with Gasteiger partial charge in [-0.2, -0.15) is 0 Å². The van der Waals surface area contributed by atoms with Gasteiger partial charge in [0, 0.05) is 6.42 Å². The summed E-state index contributed by atoms with van der Waals surface area (Å²) in [5.41, 5.74) is 0. The van der Waals surface area contributed by atoms with Crippen LogP contribution in [0.3, 0.4) is 0 Å². The topological polar surface area (TPSA) is 52.6 Å². The molecule has 154 valence electrons. The Balaban J connectivity index is 3.45. The van der Waals surface area contributed by atoms with Crippen LogP contribution in [0.4, 0.5) is 0 Å². The van der Waals surface area contributed by atoms with Gasteiger partial charge in [-0.1, -0.05) is 72.6 Å². The number of carbonyl (C=O) groups is 2. The first kappa shape index (κ1) is 24.9. The second kappa shape index (κ2) is 17.4. The van der Waals surface area contributed by atoms with Crippen molar-refractivity contribution >= 4 is 11.9 Å². The predicted octanol–water partition coefficient (Wildman–Crippen LogP) is 6.07. The SMILES string of the molecule is CCCOC(=O)CCCCCCCCCCC(C)C(C)C(=O)OCCC. The molecule has 0 saturated carbocycles. The number of carbonyl (C=O) groups excluding carboxylic acids is 2. The molecule has 0 radical (unpaired) electrons. The van der Waals surface area contributed by atoms with E-state index in [4.69, 9.17) is 9.47 Å². The molecule has 0 aromatic carbocycles. The summed E-state index contributed by atoms with van der Waals surface area (Å²) in [6.45, 7) is 9.26. The molecule has 0 aliphatic rings. The predicted molar refractivity (Wildman–Crippen MR) is 107 cm³/mol. The minimum atomic E-state index is -0.0474. The highest BCUT2D eigenvalue weighted by molar-refractivity contribution is 5.72. The molecular formula is C22H42O4. The zero-order chi connectivity index (χ0) is 19.6. The molecule has 4 nitrogen and oxygen atoms in total. The van der Waals surface area contributed by atoms with Crippen molar-refractivity contribution in [1.29, 1.82) is 0 Å². The van der Waals surface area contributed by atoms with Crippen molar-refractivity contribution in [3.63, 3.8) is 0 Å². The fraction of sp³-hybridized carbons (Fsp3) is 0.909. The third-order valence-corrected chi connectivity index (χ3v) is 4.93. The van der Waals surface area contributed by atoms with E-state index in [9.17, 15) is 9.59 Å². The quantitative estimate of drug-likeness (QED) is 0.230. The van der Waals surface area contributed by atoms with Gasteiger partial charge in [0.25, 0.3) is 0 Å². The van der Waals surface area contributed by atoms with Crippen LogP contribution in [0.5, 0.6) is 0 Å². The van der Waals surface area contributed by atoms with Gasteiger partial charge in [-0.05, 0) is 31.6 Å². The van der Waals surface area contributed by atoms with Crippen LogP contribution < -0.4 is 0 Å². The largest absolute Gasteiger partial charge is 0.466 e. The van der Waals surface area contributed by atoms with Crippen molar-refractivity contribution in [2.75, 3.05) is 13.2 Å². The van der Waals surface area contributed by atoms with Gasteiger partial charge in [-0.15, -0.1) is 0 Å². The summed E-state index contributed by atoms with van der Waals surface area (Å²) in [4.78, 5) is 23.2. The van der Waals surface area contributed by atoms with Crippen molar-refractivity contribution in [2.24, 2.45) is 11.8 Å². The molecule has 0 bridgehead atoms. The standard InChI is InChI=1S/C22H42O4/c1-5-17-25-21(23)16-14-12-10-8-7-9-11-13-15-19(3)20(4)22(24)26-18-6-2/h19-20H,5-18H2,1-4H3. The molecule has 0 N–H and O–H groups in total. The molecule has 0 aliphatic carbocycles. The molecule has 2 unspecified atom stereocenters. The number of ether oxygens (including phenoxy) is 2. The maximum absolute atomic E-state index is 11.8. The van der Waals surface area contributed by atoms with Crippen LogP contribution in [0.1, 0.15) is 105 Å². The van der Waals surface area contributed by atoms with Gasteiger partial charge >= 0.3 is 11.9 Å². The first-order valence-electron chi connectivity index (χ1n) is 10.8. The third-order valence-electron chi connectivity index (χ3n) is 4.93. The van der Waals surface area contributed by atoms with E-state index in [1.165, 1.54) is 38.5 Å². The third kappa shape index (κ3) is 14.1. The molecule has 0 fully saturated rings. The normalized spacial score (nSPS) is 13.2. The van der Waals surface area contributed by atoms with E-state index in [1.54, 1.807) is 0 Å². The lowest BCUT2D eigenvalue weighted by Gasteiger charge is -2.18. The van der Waals surface area contributed by atoms with Gasteiger partial charge < -0.3 is 9.47 Å². The van der Waals surface area contributed by atoms with E-state index in [-0.39, 0.29) is 17.9 Å². The molecule has 4 heteroatoms. The Kier molecular flexibility index (Phi) is 16.7. The Morgan fingerprint density at radius 2 is 1.23 bits per heavy atom. The molecule has 0 heterocycles. The number of hydrogen-bond acceptors (Lipinski definition) is 4. The Bertz CT molecular complexity index is 354. The Hall–Kier alpha value is -1.06. The molecule has 0 amide bonds. The lowest BCUT2D eigenvalue weighted by molar-refractivity contribution is -0.149. The van der Waals surface area contributed by atoms with Crippen molar-refractivity contribution < 1.29 is 19.1 Å². The zero-order valence-corrected chi connectivity index (χ0v) is 17.7. The van der Waals surface area contributed by atoms with Crippen LogP contribution in [-0.4, -0.2) is 25.2 Å². The van der Waals surface area contributed by atoms with Crippen molar-refractivity contribution in [1.82, 2.24) is 0 Å². The second-order valence-corrected chi connectivity index (χ2v) is 7.52. The summed E-state index contributed by atoms with van der Waals surface area (Å²) in [5.74, 6) is 0.309. The summed E-state index contributed by atoms with van der Waals surface area (Å²) in [7, 11) is 0. The highest BCUT2D eigenvalue weighted by Gasteiger charge is 2.20. The fourth-order valence-electron chi connectivity index (χ4n) is 2.90. The maximum atomic E-state index is 11.8. The average molecular weight is 371 g/mol. The summed E-state index contributed by atoms with van der Waals surface area (Å²) in [6.07, 6.45) is 12.9. The molecule has 26 heavy (non-hydrogen) atoms. The van der Waals surface area contributed by atoms with E-state index < -0.39 is 0 Å². The van der Waals surface area contributed by atoms with Gasteiger partial charge in [0.15, 0.2) is 0 Å². The van der Waals surface area contributed by atoms with Gasteiger partial charge in [-0.3, -0.25) is 9.59 Å². The lowest BCUT2D eigenvalue weighted by Crippen LogP contribution is -2.21. The Labute approximate surface area is 161 Å². The molecular weight excluding hydrogens is 328 g/mol. The van der Waals surface area contributed by atoms with Crippen molar-refractivity contribution in [3.05, 3.63) is 0 Å². The molecule has 0 aliphatic heterocycles. The number of esters is 2. The van der Waals surface area contributed by atoms with Gasteiger partial charge in [0.2, 0.25) is 0 Å². The van der Waals surface area contributed by atoms with E-state index in [0.717, 1.165) is 32.1 Å². The van der Waals surface area contributed by atoms with E-state index in [2.05, 4.69) is 6.92 Å². The Morgan fingerprint density at radius 3 is 1.81 bits per heavy atom. The first-order valence-corrected chi connectivity index (χ1v) is 10.8. The Morgan fingerprint density at radius 1 is 0.731 bits per heavy atom. The van der Waals surface area contributed by atoms with Crippen LogP contribution >= 0.6 is 0 Å². The first-order chi connectivity index (χ1) is 12.5. The van der Waals surface area contributed by atoms with Crippen molar-refractivity contribution in [3.8, 4) is 0 Å². The van der Waals surface area contributed by atoms with Gasteiger partial charge in [-0.25, -0.2) is 0 Å². The van der Waals surface area contributed by atoms with Crippen LogP contribution in [0.25, 0.3) is 0 Å². The molecule has 0 aromatic heterocycles. The lowest BCUT2D eigenvalue weighted by atomic mass is 9.90. The average Bonchev–Trinajstić information content (AvgIpc) is 2.64. The van der Waals surface area contributed by atoms with Crippen LogP contribution in [0.2, 0.25) is 0 Å². The van der Waals surface area contributed by atoms with Gasteiger partial charge in [0.1, 0.15) is 0 Å². The molecule has 2 atom stereocenters. The van der Waals surface area contributed by atoms with Crippen molar-refractivity contribution in [2.45, 2.75) is 105 Å². The maximum Gasteiger partial charge on any atom is 0.308 e. The summed E-state index contributed by atoms with van der Waals surface area (Å²) < 4.78 is 10.3. The van der Waals surface area contributed by atoms with Crippen LogP contribution in [0, 0.1) is 11.8 Å². The highest BCUT2D eigenvalue weighted by atomic mass is 16.5. The van der Waals surface area contributed by atoms with E-state index >= 15 is 0 Å². The van der Waals surface area contributed by atoms with Gasteiger partial charge in [0.05, 0.1) is 19.1 Å². The number of rotatable bonds is 17. The monoisotopic (exact) mass is 370 g/mol. The zero-order valence-electron chi connectivity index (χ0n) is 17.7. The second-order valence-electron chi connectivity index (χ2n) is 7.52. The molecule has 0 aromatic rings.